The molecule has 1 heterocycles. The zero-order valence-corrected chi connectivity index (χ0v) is 9.23. The van der Waals surface area contributed by atoms with Gasteiger partial charge in [-0.15, -0.1) is 0 Å². The summed E-state index contributed by atoms with van der Waals surface area (Å²) >= 11 is 0. The second-order valence-electron chi connectivity index (χ2n) is 3.14. The predicted octanol–water partition coefficient (Wildman–Crippen LogP) is 0.321. The Bertz CT molecular complexity index is 346. The second kappa shape index (κ2) is 4.04. The lowest BCUT2D eigenvalue weighted by Crippen LogP contribution is -2.21. The van der Waals surface area contributed by atoms with Crippen molar-refractivity contribution < 1.29 is 13.8 Å². The SMILES string of the molecule is CCS(=O)C(C)=C1C(=O)NC(=O)C1C. The Balaban J connectivity index is 3.13. The fourth-order valence-electron chi connectivity index (χ4n) is 1.42. The summed E-state index contributed by atoms with van der Waals surface area (Å²) in [6.07, 6.45) is 0. The Hall–Kier alpha value is -0.970. The molecule has 1 aliphatic rings. The average molecular weight is 215 g/mol. The summed E-state index contributed by atoms with van der Waals surface area (Å²) in [5.74, 6) is -0.721. The van der Waals surface area contributed by atoms with Crippen molar-refractivity contribution in [2.75, 3.05) is 5.75 Å². The fourth-order valence-corrected chi connectivity index (χ4v) is 2.37. The Morgan fingerprint density at radius 1 is 1.50 bits per heavy atom. The van der Waals surface area contributed by atoms with Crippen LogP contribution >= 0.6 is 0 Å². The van der Waals surface area contributed by atoms with Crippen molar-refractivity contribution in [1.82, 2.24) is 5.32 Å². The maximum absolute atomic E-state index is 11.5. The first kappa shape index (κ1) is 11.1. The lowest BCUT2D eigenvalue weighted by Gasteiger charge is -2.05. The van der Waals surface area contributed by atoms with E-state index in [0.29, 0.717) is 16.2 Å². The summed E-state index contributed by atoms with van der Waals surface area (Å²) in [7, 11) is -1.15. The topological polar surface area (TPSA) is 63.2 Å². The van der Waals surface area contributed by atoms with Gasteiger partial charge < -0.3 is 0 Å². The van der Waals surface area contributed by atoms with E-state index in [2.05, 4.69) is 5.32 Å². The first-order valence-electron chi connectivity index (χ1n) is 4.43. The zero-order chi connectivity index (χ0) is 10.9. The van der Waals surface area contributed by atoms with Gasteiger partial charge in [0.05, 0.1) is 5.92 Å². The number of nitrogens with one attached hydrogen (secondary N) is 1. The summed E-state index contributed by atoms with van der Waals surface area (Å²) < 4.78 is 11.5. The molecule has 1 fully saturated rings. The zero-order valence-electron chi connectivity index (χ0n) is 8.42. The molecule has 14 heavy (non-hydrogen) atoms. The molecule has 4 nitrogen and oxygen atoms in total. The summed E-state index contributed by atoms with van der Waals surface area (Å²) in [5.41, 5.74) is 0.371. The van der Waals surface area contributed by atoms with Crippen LogP contribution in [-0.4, -0.2) is 21.8 Å². The average Bonchev–Trinajstić information content (AvgIpc) is 2.39. The van der Waals surface area contributed by atoms with E-state index < -0.39 is 22.6 Å². The highest BCUT2D eigenvalue weighted by atomic mass is 32.2. The third-order valence-corrected chi connectivity index (χ3v) is 3.72. The maximum Gasteiger partial charge on any atom is 0.255 e. The van der Waals surface area contributed by atoms with Gasteiger partial charge in [0.15, 0.2) is 0 Å². The van der Waals surface area contributed by atoms with E-state index in [4.69, 9.17) is 0 Å². The van der Waals surface area contributed by atoms with Gasteiger partial charge in [-0.05, 0) is 13.8 Å². The van der Waals surface area contributed by atoms with E-state index in [-0.39, 0.29) is 5.91 Å². The van der Waals surface area contributed by atoms with Crippen LogP contribution in [0.1, 0.15) is 20.8 Å². The molecule has 0 radical (unpaired) electrons. The van der Waals surface area contributed by atoms with Crippen molar-refractivity contribution in [2.24, 2.45) is 5.92 Å². The minimum Gasteiger partial charge on any atom is -0.292 e. The maximum atomic E-state index is 11.5. The van der Waals surface area contributed by atoms with E-state index in [9.17, 15) is 13.8 Å². The van der Waals surface area contributed by atoms with Crippen LogP contribution in [0.2, 0.25) is 0 Å². The molecule has 0 saturated carbocycles. The van der Waals surface area contributed by atoms with E-state index in [1.165, 1.54) is 0 Å². The van der Waals surface area contributed by atoms with Crippen molar-refractivity contribution in [3.05, 3.63) is 10.5 Å². The molecular weight excluding hydrogens is 202 g/mol. The number of imide groups is 1. The van der Waals surface area contributed by atoms with Gasteiger partial charge in [0.2, 0.25) is 5.91 Å². The summed E-state index contributed by atoms with van der Waals surface area (Å²) in [6.45, 7) is 5.06. The molecule has 0 aromatic heterocycles. The van der Waals surface area contributed by atoms with Crippen LogP contribution in [0.25, 0.3) is 0 Å². The standard InChI is InChI=1S/C9H13NO3S/c1-4-14(13)6(3)7-5(2)8(11)10-9(7)12/h5H,4H2,1-3H3,(H,10,11,12). The van der Waals surface area contributed by atoms with Crippen LogP contribution < -0.4 is 5.32 Å². The van der Waals surface area contributed by atoms with Crippen LogP contribution in [0.5, 0.6) is 0 Å². The van der Waals surface area contributed by atoms with E-state index in [1.54, 1.807) is 20.8 Å². The molecule has 2 atom stereocenters. The van der Waals surface area contributed by atoms with Gasteiger partial charge in [-0.3, -0.25) is 19.1 Å². The highest BCUT2D eigenvalue weighted by Gasteiger charge is 2.34. The number of carbonyl (C=O) groups excluding carboxylic acids is 2. The number of hydrogen-bond donors (Lipinski definition) is 1. The Morgan fingerprint density at radius 2 is 2.07 bits per heavy atom. The number of rotatable bonds is 2. The molecule has 1 saturated heterocycles. The first-order chi connectivity index (χ1) is 6.49. The molecule has 0 aliphatic carbocycles. The monoisotopic (exact) mass is 215 g/mol. The molecular formula is C9H13NO3S. The van der Waals surface area contributed by atoms with Gasteiger partial charge in [-0.2, -0.15) is 0 Å². The van der Waals surface area contributed by atoms with Crippen molar-refractivity contribution in [1.29, 1.82) is 0 Å². The molecule has 5 heteroatoms. The first-order valence-corrected chi connectivity index (χ1v) is 5.75. The molecule has 1 aliphatic heterocycles. The normalized spacial score (nSPS) is 27.5. The second-order valence-corrected chi connectivity index (χ2v) is 5.02. The van der Waals surface area contributed by atoms with Crippen LogP contribution in [0.4, 0.5) is 0 Å². The minimum atomic E-state index is -1.15. The van der Waals surface area contributed by atoms with E-state index in [0.717, 1.165) is 0 Å². The predicted molar refractivity (Wildman–Crippen MR) is 53.7 cm³/mol. The minimum absolute atomic E-state index is 0.308. The number of hydrogen-bond acceptors (Lipinski definition) is 3. The van der Waals surface area contributed by atoms with Gasteiger partial charge in [0, 0.05) is 27.0 Å². The van der Waals surface area contributed by atoms with Gasteiger partial charge in [0.1, 0.15) is 0 Å². The van der Waals surface area contributed by atoms with Crippen molar-refractivity contribution in [3.63, 3.8) is 0 Å². The van der Waals surface area contributed by atoms with Crippen molar-refractivity contribution in [2.45, 2.75) is 20.8 Å². The lowest BCUT2D eigenvalue weighted by atomic mass is 10.0. The molecule has 0 aromatic carbocycles. The quantitative estimate of drug-likeness (QED) is 0.533. The van der Waals surface area contributed by atoms with Crippen LogP contribution in [0.3, 0.4) is 0 Å². The van der Waals surface area contributed by atoms with Gasteiger partial charge in [-0.25, -0.2) is 0 Å². The van der Waals surface area contributed by atoms with Crippen LogP contribution in [0.15, 0.2) is 10.5 Å². The van der Waals surface area contributed by atoms with Gasteiger partial charge in [-0.1, -0.05) is 6.92 Å². The number of amides is 2. The highest BCUT2D eigenvalue weighted by molar-refractivity contribution is 7.88. The Kier molecular flexibility index (Phi) is 3.21. The Morgan fingerprint density at radius 3 is 2.43 bits per heavy atom. The number of allylic oxidation sites excluding steroid dienone is 1. The molecule has 1 N–H and O–H groups in total. The van der Waals surface area contributed by atoms with Gasteiger partial charge in [0.25, 0.3) is 5.91 Å². The molecule has 2 amide bonds. The molecule has 0 aromatic rings. The molecule has 78 valence electrons. The van der Waals surface area contributed by atoms with Gasteiger partial charge >= 0.3 is 0 Å². The van der Waals surface area contributed by atoms with Crippen molar-refractivity contribution >= 4 is 22.6 Å². The fraction of sp³-hybridized carbons (Fsp3) is 0.556. The van der Waals surface area contributed by atoms with Crippen molar-refractivity contribution in [3.8, 4) is 0 Å². The molecule has 0 spiro atoms. The Labute approximate surface area is 85.2 Å². The smallest absolute Gasteiger partial charge is 0.255 e. The third kappa shape index (κ3) is 1.77. The van der Waals surface area contributed by atoms with Crippen LogP contribution in [-0.2, 0) is 20.4 Å². The molecule has 2 unspecified atom stereocenters. The molecule has 1 rings (SSSR count). The third-order valence-electron chi connectivity index (χ3n) is 2.29. The van der Waals surface area contributed by atoms with E-state index >= 15 is 0 Å². The summed E-state index contributed by atoms with van der Waals surface area (Å²) in [4.78, 5) is 23.0. The number of carbonyl (C=O) groups is 2. The lowest BCUT2D eigenvalue weighted by molar-refractivity contribution is -0.125. The van der Waals surface area contributed by atoms with Crippen LogP contribution in [0, 0.1) is 5.92 Å². The molecule has 0 bridgehead atoms. The largest absolute Gasteiger partial charge is 0.292 e. The summed E-state index contributed by atoms with van der Waals surface area (Å²) in [5, 5.41) is 2.21. The highest BCUT2D eigenvalue weighted by Crippen LogP contribution is 2.23. The summed E-state index contributed by atoms with van der Waals surface area (Å²) in [6, 6.07) is 0. The van der Waals surface area contributed by atoms with E-state index in [1.807, 2.05) is 0 Å².